The summed E-state index contributed by atoms with van der Waals surface area (Å²) in [6, 6.07) is 6.70. The maximum atomic E-state index is 10.7. The Hall–Kier alpha value is -0.390. The fraction of sp³-hybridized carbons (Fsp3) is 0.706. The summed E-state index contributed by atoms with van der Waals surface area (Å²) >= 11 is 0. The molecule has 3 rings (SSSR count). The van der Waals surface area contributed by atoms with Crippen molar-refractivity contribution in [2.75, 3.05) is 19.6 Å². The molecule has 0 radical (unpaired) electrons. The maximum absolute atomic E-state index is 10.7. The minimum atomic E-state index is -0.563. The van der Waals surface area contributed by atoms with Crippen molar-refractivity contribution in [3.63, 3.8) is 0 Å². The zero-order valence-corrected chi connectivity index (χ0v) is 15.2. The van der Waals surface area contributed by atoms with Crippen molar-refractivity contribution in [2.45, 2.75) is 56.7 Å². The number of β-amino-alcohol motifs (C(OH)–C–C–N with tert-alkyl or cyclic N) is 1. The molecule has 1 aromatic rings. The van der Waals surface area contributed by atoms with E-state index < -0.39 is 5.60 Å². The molecule has 1 atom stereocenters. The van der Waals surface area contributed by atoms with Crippen LogP contribution in [0.15, 0.2) is 24.4 Å². The first kappa shape index (κ1) is 20.7. The van der Waals surface area contributed by atoms with Gasteiger partial charge in [-0.2, -0.15) is 0 Å². The van der Waals surface area contributed by atoms with E-state index in [2.05, 4.69) is 21.3 Å². The van der Waals surface area contributed by atoms with Crippen LogP contribution in [0.3, 0.4) is 0 Å². The van der Waals surface area contributed by atoms with Gasteiger partial charge in [-0.15, -0.1) is 24.8 Å². The Labute approximate surface area is 151 Å². The monoisotopic (exact) mass is 361 g/mol. The van der Waals surface area contributed by atoms with Crippen molar-refractivity contribution < 1.29 is 5.11 Å². The molecule has 2 aliphatic rings. The zero-order chi connectivity index (χ0) is 14.5. The van der Waals surface area contributed by atoms with E-state index in [-0.39, 0.29) is 24.8 Å². The highest BCUT2D eigenvalue weighted by atomic mass is 35.5. The summed E-state index contributed by atoms with van der Waals surface area (Å²) < 4.78 is 0. The molecule has 23 heavy (non-hydrogen) atoms. The second-order valence-corrected chi connectivity index (χ2v) is 6.67. The van der Waals surface area contributed by atoms with Crippen LogP contribution in [0.25, 0.3) is 0 Å². The van der Waals surface area contributed by atoms with E-state index in [1.807, 2.05) is 18.3 Å². The fourth-order valence-corrected chi connectivity index (χ4v) is 3.70. The molecular formula is C17H29Cl2N3O. The zero-order valence-electron chi connectivity index (χ0n) is 13.6. The normalized spacial score (nSPS) is 25.0. The topological polar surface area (TPSA) is 48.4 Å². The Morgan fingerprint density at radius 2 is 2.00 bits per heavy atom. The molecule has 0 amide bonds. The van der Waals surface area contributed by atoms with Gasteiger partial charge in [0.2, 0.25) is 0 Å². The van der Waals surface area contributed by atoms with E-state index in [4.69, 9.17) is 0 Å². The number of nitrogens with zero attached hydrogens (tertiary/aromatic N) is 2. The predicted octanol–water partition coefficient (Wildman–Crippen LogP) is 2.78. The highest BCUT2D eigenvalue weighted by Gasteiger charge is 2.35. The van der Waals surface area contributed by atoms with Crippen LogP contribution >= 0.6 is 24.8 Å². The first-order chi connectivity index (χ1) is 10.3. The lowest BCUT2D eigenvalue weighted by Crippen LogP contribution is -2.48. The van der Waals surface area contributed by atoms with Gasteiger partial charge in [-0.05, 0) is 37.9 Å². The number of nitrogens with one attached hydrogen (secondary N) is 1. The highest BCUT2D eigenvalue weighted by Crippen LogP contribution is 2.27. The lowest BCUT2D eigenvalue weighted by Gasteiger charge is -2.38. The average molecular weight is 362 g/mol. The maximum Gasteiger partial charge on any atom is 0.0909 e. The van der Waals surface area contributed by atoms with E-state index in [9.17, 15) is 5.11 Å². The third-order valence-electron chi connectivity index (χ3n) is 4.90. The van der Waals surface area contributed by atoms with Gasteiger partial charge < -0.3 is 10.4 Å². The first-order valence-electron chi connectivity index (χ1n) is 8.32. The van der Waals surface area contributed by atoms with E-state index in [1.54, 1.807) is 0 Å². The van der Waals surface area contributed by atoms with E-state index >= 15 is 0 Å². The molecule has 0 bridgehead atoms. The van der Waals surface area contributed by atoms with Gasteiger partial charge in [-0.25, -0.2) is 0 Å². The van der Waals surface area contributed by atoms with Crippen molar-refractivity contribution in [2.24, 2.45) is 0 Å². The van der Waals surface area contributed by atoms with Gasteiger partial charge >= 0.3 is 0 Å². The summed E-state index contributed by atoms with van der Waals surface area (Å²) in [4.78, 5) is 6.95. The van der Waals surface area contributed by atoms with E-state index in [0.29, 0.717) is 6.04 Å². The third-order valence-corrected chi connectivity index (χ3v) is 4.90. The largest absolute Gasteiger partial charge is 0.387 e. The van der Waals surface area contributed by atoms with Gasteiger partial charge in [0.05, 0.1) is 11.3 Å². The summed E-state index contributed by atoms with van der Waals surface area (Å²) in [6.45, 7) is 3.27. The Morgan fingerprint density at radius 3 is 2.61 bits per heavy atom. The van der Waals surface area contributed by atoms with Crippen LogP contribution in [0.5, 0.6) is 0 Å². The molecule has 132 valence electrons. The summed E-state index contributed by atoms with van der Waals surface area (Å²) in [6.07, 6.45) is 9.24. The standard InChI is InChI=1S/C17H27N3O.2ClH/c21-17(9-11-18-13-17)14-20(16-7-2-1-3-8-16)12-15-6-4-5-10-19-15;;/h4-6,10,16,18,21H,1-3,7-9,11-14H2;2*1H. The molecule has 2 heterocycles. The average Bonchev–Trinajstić information content (AvgIpc) is 2.95. The number of aliphatic hydroxyl groups is 1. The molecule has 1 saturated carbocycles. The molecule has 2 N–H and O–H groups in total. The van der Waals surface area contributed by atoms with Crippen LogP contribution in [0, 0.1) is 0 Å². The smallest absolute Gasteiger partial charge is 0.0909 e. The minimum Gasteiger partial charge on any atom is -0.387 e. The fourth-order valence-electron chi connectivity index (χ4n) is 3.70. The van der Waals surface area contributed by atoms with Crippen LogP contribution < -0.4 is 5.32 Å². The number of halogens is 2. The second-order valence-electron chi connectivity index (χ2n) is 6.67. The molecule has 1 unspecified atom stereocenters. The van der Waals surface area contributed by atoms with Crippen molar-refractivity contribution in [3.05, 3.63) is 30.1 Å². The first-order valence-corrected chi connectivity index (χ1v) is 8.32. The molecule has 2 fully saturated rings. The molecule has 4 nitrogen and oxygen atoms in total. The Bertz CT molecular complexity index is 435. The van der Waals surface area contributed by atoms with Crippen molar-refractivity contribution in [3.8, 4) is 0 Å². The van der Waals surface area contributed by atoms with Crippen molar-refractivity contribution in [1.29, 1.82) is 0 Å². The van der Waals surface area contributed by atoms with Gasteiger partial charge in [0.25, 0.3) is 0 Å². The van der Waals surface area contributed by atoms with Gasteiger partial charge in [-0.3, -0.25) is 9.88 Å². The molecule has 1 aliphatic heterocycles. The predicted molar refractivity (Wildman–Crippen MR) is 98.5 cm³/mol. The lowest BCUT2D eigenvalue weighted by molar-refractivity contribution is -0.00288. The Balaban J connectivity index is 0.00000132. The number of hydrogen-bond donors (Lipinski definition) is 2. The molecule has 1 aromatic heterocycles. The van der Waals surface area contributed by atoms with Crippen molar-refractivity contribution >= 4 is 24.8 Å². The molecule has 0 spiro atoms. The van der Waals surface area contributed by atoms with E-state index in [1.165, 1.54) is 32.1 Å². The van der Waals surface area contributed by atoms with Crippen molar-refractivity contribution in [1.82, 2.24) is 15.2 Å². The molecule has 0 aromatic carbocycles. The van der Waals surface area contributed by atoms with Gasteiger partial charge in [0, 0.05) is 31.9 Å². The SMILES string of the molecule is Cl.Cl.OC1(CN(Cc2ccccn2)C2CCCCC2)CCNC1. The van der Waals surface area contributed by atoms with Crippen LogP contribution in [-0.4, -0.2) is 46.3 Å². The van der Waals surface area contributed by atoms with Crippen LogP contribution in [0.4, 0.5) is 0 Å². The molecule has 6 heteroatoms. The minimum absolute atomic E-state index is 0. The third kappa shape index (κ3) is 5.87. The summed E-state index contributed by atoms with van der Waals surface area (Å²) in [5, 5.41) is 14.0. The van der Waals surface area contributed by atoms with Crippen LogP contribution in [-0.2, 0) is 6.54 Å². The van der Waals surface area contributed by atoms with Gasteiger partial charge in [0.1, 0.15) is 0 Å². The van der Waals surface area contributed by atoms with Crippen LogP contribution in [0.1, 0.15) is 44.2 Å². The quantitative estimate of drug-likeness (QED) is 0.846. The number of hydrogen-bond acceptors (Lipinski definition) is 4. The lowest BCUT2D eigenvalue weighted by atomic mass is 9.92. The van der Waals surface area contributed by atoms with Gasteiger partial charge in [-0.1, -0.05) is 25.3 Å². The molecule has 1 saturated heterocycles. The number of aromatic nitrogens is 1. The van der Waals surface area contributed by atoms with Crippen LogP contribution in [0.2, 0.25) is 0 Å². The number of rotatable bonds is 5. The Morgan fingerprint density at radius 1 is 1.22 bits per heavy atom. The van der Waals surface area contributed by atoms with Gasteiger partial charge in [0.15, 0.2) is 0 Å². The second kappa shape index (κ2) is 9.80. The molecular weight excluding hydrogens is 333 g/mol. The summed E-state index contributed by atoms with van der Waals surface area (Å²) in [7, 11) is 0. The summed E-state index contributed by atoms with van der Waals surface area (Å²) in [5.41, 5.74) is 0.546. The highest BCUT2D eigenvalue weighted by molar-refractivity contribution is 5.85. The van der Waals surface area contributed by atoms with E-state index in [0.717, 1.165) is 38.3 Å². The summed E-state index contributed by atoms with van der Waals surface area (Å²) in [5.74, 6) is 0. The molecule has 1 aliphatic carbocycles. The Kier molecular flexibility index (Phi) is 8.80. The number of pyridine rings is 1.